The van der Waals surface area contributed by atoms with E-state index in [0.29, 0.717) is 18.2 Å². The first-order valence-corrected chi connectivity index (χ1v) is 5.14. The van der Waals surface area contributed by atoms with E-state index in [0.717, 1.165) is 0 Å². The highest BCUT2D eigenvalue weighted by molar-refractivity contribution is 5.09. The molecule has 3 atom stereocenters. The van der Waals surface area contributed by atoms with Crippen molar-refractivity contribution in [1.82, 2.24) is 5.32 Å². The van der Waals surface area contributed by atoms with Crippen molar-refractivity contribution in [1.29, 1.82) is 0 Å². The van der Waals surface area contributed by atoms with Gasteiger partial charge in [0, 0.05) is 6.04 Å². The molecule has 1 aliphatic heterocycles. The van der Waals surface area contributed by atoms with Gasteiger partial charge in [0.1, 0.15) is 0 Å². The van der Waals surface area contributed by atoms with Crippen LogP contribution in [0.4, 0.5) is 0 Å². The average Bonchev–Trinajstić information content (AvgIpc) is 2.49. The monoisotopic (exact) mass is 183 g/mol. The maximum Gasteiger partial charge on any atom is 0.0763 e. The van der Waals surface area contributed by atoms with Crippen molar-refractivity contribution in [3.8, 4) is 0 Å². The van der Waals surface area contributed by atoms with Gasteiger partial charge in [0.05, 0.1) is 12.2 Å². The van der Waals surface area contributed by atoms with Crippen LogP contribution >= 0.6 is 0 Å². The molecule has 2 heteroatoms. The lowest BCUT2D eigenvalue weighted by Crippen LogP contribution is -2.23. The maximum atomic E-state index is 5.72. The molecule has 0 aliphatic carbocycles. The fraction of sp³-hybridized carbons (Fsp3) is 0.818. The van der Waals surface area contributed by atoms with Gasteiger partial charge >= 0.3 is 0 Å². The summed E-state index contributed by atoms with van der Waals surface area (Å²) in [6.07, 6.45) is 5.42. The number of hydrogen-bond donors (Lipinski definition) is 1. The summed E-state index contributed by atoms with van der Waals surface area (Å²) < 4.78 is 5.72. The third kappa shape index (κ3) is 3.12. The Kier molecular flexibility index (Phi) is 3.94. The Morgan fingerprint density at radius 3 is 2.69 bits per heavy atom. The van der Waals surface area contributed by atoms with Gasteiger partial charge in [-0.2, -0.15) is 0 Å². The largest absolute Gasteiger partial charge is 0.371 e. The average molecular weight is 183 g/mol. The van der Waals surface area contributed by atoms with Gasteiger partial charge in [-0.05, 0) is 40.7 Å². The lowest BCUT2D eigenvalue weighted by Gasteiger charge is -2.13. The second-order valence-electron chi connectivity index (χ2n) is 3.98. The molecule has 1 rings (SSSR count). The van der Waals surface area contributed by atoms with Gasteiger partial charge < -0.3 is 10.1 Å². The first-order chi connectivity index (χ1) is 6.13. The van der Waals surface area contributed by atoms with Crippen LogP contribution in [0.5, 0.6) is 0 Å². The van der Waals surface area contributed by atoms with Crippen LogP contribution in [0.1, 0.15) is 33.6 Å². The molecule has 2 nitrogen and oxygen atoms in total. The number of ether oxygens (including phenoxy) is 1. The van der Waals surface area contributed by atoms with E-state index in [9.17, 15) is 0 Å². The summed E-state index contributed by atoms with van der Waals surface area (Å²) >= 11 is 0. The fourth-order valence-corrected chi connectivity index (χ4v) is 1.62. The SMILES string of the molecule is CNC(C)C(C)=CC1CCC(C)O1. The van der Waals surface area contributed by atoms with Gasteiger partial charge in [-0.15, -0.1) is 0 Å². The Balaban J connectivity index is 2.45. The number of nitrogens with one attached hydrogen (secondary N) is 1. The van der Waals surface area contributed by atoms with E-state index >= 15 is 0 Å². The van der Waals surface area contributed by atoms with Gasteiger partial charge in [0.15, 0.2) is 0 Å². The molecule has 0 aromatic carbocycles. The van der Waals surface area contributed by atoms with Crippen molar-refractivity contribution in [2.45, 2.75) is 51.9 Å². The summed E-state index contributed by atoms with van der Waals surface area (Å²) in [5, 5.41) is 3.23. The molecule has 0 aromatic rings. The molecule has 1 saturated heterocycles. The first kappa shape index (κ1) is 10.7. The van der Waals surface area contributed by atoms with Gasteiger partial charge in [-0.25, -0.2) is 0 Å². The molecule has 0 aromatic heterocycles. The Hall–Kier alpha value is -0.340. The van der Waals surface area contributed by atoms with E-state index in [1.807, 2.05) is 7.05 Å². The lowest BCUT2D eigenvalue weighted by atomic mass is 10.1. The van der Waals surface area contributed by atoms with E-state index in [1.54, 1.807) is 0 Å². The lowest BCUT2D eigenvalue weighted by molar-refractivity contribution is 0.0827. The minimum absolute atomic E-state index is 0.353. The van der Waals surface area contributed by atoms with Crippen LogP contribution in [0.15, 0.2) is 11.6 Å². The second kappa shape index (κ2) is 4.77. The maximum absolute atomic E-state index is 5.72. The summed E-state index contributed by atoms with van der Waals surface area (Å²) in [7, 11) is 1.99. The molecule has 1 aliphatic rings. The second-order valence-corrected chi connectivity index (χ2v) is 3.98. The Morgan fingerprint density at radius 1 is 1.54 bits per heavy atom. The van der Waals surface area contributed by atoms with E-state index in [-0.39, 0.29) is 0 Å². The minimum atomic E-state index is 0.353. The zero-order valence-electron chi connectivity index (χ0n) is 9.13. The van der Waals surface area contributed by atoms with Crippen LogP contribution in [0, 0.1) is 0 Å². The Labute approximate surface area is 81.4 Å². The third-order valence-electron chi connectivity index (χ3n) is 2.83. The zero-order chi connectivity index (χ0) is 9.84. The van der Waals surface area contributed by atoms with Gasteiger partial charge in [-0.3, -0.25) is 0 Å². The van der Waals surface area contributed by atoms with E-state index < -0.39 is 0 Å². The van der Waals surface area contributed by atoms with E-state index in [1.165, 1.54) is 18.4 Å². The Bertz CT molecular complexity index is 189. The molecule has 0 spiro atoms. The number of rotatable bonds is 3. The first-order valence-electron chi connectivity index (χ1n) is 5.14. The summed E-state index contributed by atoms with van der Waals surface area (Å²) in [6, 6.07) is 0.458. The molecular weight excluding hydrogens is 162 g/mol. The molecule has 0 radical (unpaired) electrons. The topological polar surface area (TPSA) is 21.3 Å². The van der Waals surface area contributed by atoms with E-state index in [4.69, 9.17) is 4.74 Å². The van der Waals surface area contributed by atoms with Crippen LogP contribution < -0.4 is 5.32 Å². The normalized spacial score (nSPS) is 32.2. The molecular formula is C11H21NO. The number of hydrogen-bond acceptors (Lipinski definition) is 2. The molecule has 1 N–H and O–H groups in total. The predicted molar refractivity (Wildman–Crippen MR) is 55.8 cm³/mol. The summed E-state index contributed by atoms with van der Waals surface area (Å²) in [5.74, 6) is 0. The zero-order valence-corrected chi connectivity index (χ0v) is 9.13. The van der Waals surface area contributed by atoms with Crippen LogP contribution in [0.3, 0.4) is 0 Å². The third-order valence-corrected chi connectivity index (χ3v) is 2.83. The van der Waals surface area contributed by atoms with Crippen molar-refractivity contribution in [3.63, 3.8) is 0 Å². The van der Waals surface area contributed by atoms with Crippen LogP contribution in [0.25, 0.3) is 0 Å². The molecule has 1 fully saturated rings. The van der Waals surface area contributed by atoms with Gasteiger partial charge in [-0.1, -0.05) is 11.6 Å². The molecule has 0 amide bonds. The van der Waals surface area contributed by atoms with Crippen LogP contribution in [0.2, 0.25) is 0 Å². The van der Waals surface area contributed by atoms with Crippen LogP contribution in [-0.2, 0) is 4.74 Å². The van der Waals surface area contributed by atoms with Gasteiger partial charge in [0.25, 0.3) is 0 Å². The van der Waals surface area contributed by atoms with Crippen molar-refractivity contribution in [2.75, 3.05) is 7.05 Å². The summed E-state index contributed by atoms with van der Waals surface area (Å²) in [6.45, 7) is 6.47. The van der Waals surface area contributed by atoms with Crippen molar-refractivity contribution in [2.24, 2.45) is 0 Å². The minimum Gasteiger partial charge on any atom is -0.371 e. The molecule has 76 valence electrons. The number of likely N-dealkylation sites (N-methyl/N-ethyl adjacent to an activating group) is 1. The summed E-state index contributed by atoms with van der Waals surface area (Å²) in [5.41, 5.74) is 1.38. The van der Waals surface area contributed by atoms with Crippen molar-refractivity contribution < 1.29 is 4.74 Å². The highest BCUT2D eigenvalue weighted by Crippen LogP contribution is 2.21. The smallest absolute Gasteiger partial charge is 0.0763 e. The predicted octanol–water partition coefficient (Wildman–Crippen LogP) is 2.11. The highest BCUT2D eigenvalue weighted by atomic mass is 16.5. The standard InChI is InChI=1S/C11H21NO/c1-8(10(3)12-4)7-11-6-5-9(2)13-11/h7,9-12H,5-6H2,1-4H3. The van der Waals surface area contributed by atoms with Crippen molar-refractivity contribution in [3.05, 3.63) is 11.6 Å². The fourth-order valence-electron chi connectivity index (χ4n) is 1.62. The quantitative estimate of drug-likeness (QED) is 0.677. The van der Waals surface area contributed by atoms with Crippen LogP contribution in [-0.4, -0.2) is 25.3 Å². The molecule has 0 saturated carbocycles. The Morgan fingerprint density at radius 2 is 2.23 bits per heavy atom. The molecule has 0 bridgehead atoms. The molecule has 3 unspecified atom stereocenters. The highest BCUT2D eigenvalue weighted by Gasteiger charge is 2.20. The molecule has 1 heterocycles. The van der Waals surface area contributed by atoms with Crippen molar-refractivity contribution >= 4 is 0 Å². The summed E-state index contributed by atoms with van der Waals surface area (Å²) in [4.78, 5) is 0. The van der Waals surface area contributed by atoms with E-state index in [2.05, 4.69) is 32.2 Å². The van der Waals surface area contributed by atoms with Gasteiger partial charge in [0.2, 0.25) is 0 Å². The molecule has 13 heavy (non-hydrogen) atoms.